The second kappa shape index (κ2) is 4.29. The van der Waals surface area contributed by atoms with Gasteiger partial charge in [-0.25, -0.2) is 0 Å². The number of carbonyl (C=O) groups excluding carboxylic acids is 3. The predicted octanol–water partition coefficient (Wildman–Crippen LogP) is -0.499. The molecule has 6 heteroatoms. The molecule has 1 atom stereocenters. The molecule has 0 aromatic carbocycles. The molecular weight excluding hydrogens is 222 g/mol. The zero-order valence-corrected chi connectivity index (χ0v) is 10.2. The molecule has 0 aliphatic carbocycles. The van der Waals surface area contributed by atoms with Crippen LogP contribution in [0.4, 0.5) is 0 Å². The van der Waals surface area contributed by atoms with E-state index in [1.54, 1.807) is 6.92 Å². The van der Waals surface area contributed by atoms with E-state index in [1.807, 2.05) is 0 Å². The molecule has 1 fully saturated rings. The Bertz CT molecular complexity index is 399. The van der Waals surface area contributed by atoms with Crippen LogP contribution in [0.15, 0.2) is 12.2 Å². The molecule has 1 aliphatic heterocycles. The van der Waals surface area contributed by atoms with Crippen molar-refractivity contribution in [1.29, 1.82) is 0 Å². The maximum atomic E-state index is 11.9. The van der Waals surface area contributed by atoms with Crippen LogP contribution in [0.1, 0.15) is 27.2 Å². The second-order valence-electron chi connectivity index (χ2n) is 4.64. The fourth-order valence-corrected chi connectivity index (χ4v) is 1.66. The number of hydrogen-bond acceptors (Lipinski definition) is 4. The summed E-state index contributed by atoms with van der Waals surface area (Å²) in [7, 11) is 0. The summed E-state index contributed by atoms with van der Waals surface area (Å²) >= 11 is 0. The lowest BCUT2D eigenvalue weighted by molar-refractivity contribution is -0.151. The molecular formula is C11H17N3O3. The number of nitrogens with one attached hydrogen (secondary N) is 1. The van der Waals surface area contributed by atoms with Crippen molar-refractivity contribution in [1.82, 2.24) is 10.2 Å². The fourth-order valence-electron chi connectivity index (χ4n) is 1.66. The maximum Gasteiger partial charge on any atom is 0.257 e. The average Bonchev–Trinajstić information content (AvgIpc) is 2.39. The topological polar surface area (TPSA) is 92.5 Å². The van der Waals surface area contributed by atoms with Gasteiger partial charge < -0.3 is 11.1 Å². The number of carbonyl (C=O) groups is 3. The largest absolute Gasteiger partial charge is 0.339 e. The SMILES string of the molecule is C=C1CC(=O)N(C(C)(C)C(=O)NC(C)N)C1=O. The van der Waals surface area contributed by atoms with Gasteiger partial charge >= 0.3 is 0 Å². The Morgan fingerprint density at radius 3 is 2.41 bits per heavy atom. The lowest BCUT2D eigenvalue weighted by Crippen LogP contribution is -2.59. The Morgan fingerprint density at radius 1 is 1.53 bits per heavy atom. The van der Waals surface area contributed by atoms with Gasteiger partial charge in [0.25, 0.3) is 5.91 Å². The van der Waals surface area contributed by atoms with Gasteiger partial charge in [-0.05, 0) is 20.8 Å². The molecule has 0 bridgehead atoms. The van der Waals surface area contributed by atoms with Crippen molar-refractivity contribution in [3.8, 4) is 0 Å². The van der Waals surface area contributed by atoms with Gasteiger partial charge in [0.2, 0.25) is 11.8 Å². The minimum absolute atomic E-state index is 0.0340. The highest BCUT2D eigenvalue weighted by Gasteiger charge is 2.46. The Morgan fingerprint density at radius 2 is 2.06 bits per heavy atom. The molecule has 0 radical (unpaired) electrons. The van der Waals surface area contributed by atoms with Crippen molar-refractivity contribution in [2.75, 3.05) is 0 Å². The standard InChI is InChI=1S/C11H17N3O3/c1-6-5-8(15)14(9(6)16)11(3,4)10(17)13-7(2)12/h7H,1,5,12H2,2-4H3,(H,13,17). The quantitative estimate of drug-likeness (QED) is 0.394. The monoisotopic (exact) mass is 239 g/mol. The highest BCUT2D eigenvalue weighted by Crippen LogP contribution is 2.26. The van der Waals surface area contributed by atoms with Gasteiger partial charge in [-0.15, -0.1) is 0 Å². The average molecular weight is 239 g/mol. The molecule has 94 valence electrons. The molecule has 1 heterocycles. The van der Waals surface area contributed by atoms with Gasteiger partial charge in [-0.3, -0.25) is 19.3 Å². The first-order valence-electron chi connectivity index (χ1n) is 5.29. The van der Waals surface area contributed by atoms with Crippen molar-refractivity contribution in [2.24, 2.45) is 5.73 Å². The highest BCUT2D eigenvalue weighted by molar-refractivity contribution is 6.15. The number of hydrogen-bond donors (Lipinski definition) is 2. The first-order valence-corrected chi connectivity index (χ1v) is 5.29. The second-order valence-corrected chi connectivity index (χ2v) is 4.64. The molecule has 6 nitrogen and oxygen atoms in total. The van der Waals surface area contributed by atoms with Crippen LogP contribution in [-0.4, -0.2) is 34.3 Å². The van der Waals surface area contributed by atoms with Crippen LogP contribution >= 0.6 is 0 Å². The molecule has 1 unspecified atom stereocenters. The van der Waals surface area contributed by atoms with E-state index in [9.17, 15) is 14.4 Å². The van der Waals surface area contributed by atoms with E-state index in [4.69, 9.17) is 5.73 Å². The van der Waals surface area contributed by atoms with Crippen LogP contribution in [0.3, 0.4) is 0 Å². The number of rotatable bonds is 3. The zero-order valence-electron chi connectivity index (χ0n) is 10.2. The third-order valence-corrected chi connectivity index (χ3v) is 2.59. The van der Waals surface area contributed by atoms with Crippen molar-refractivity contribution in [3.63, 3.8) is 0 Å². The number of imide groups is 1. The van der Waals surface area contributed by atoms with Gasteiger partial charge in [-0.1, -0.05) is 6.58 Å². The van der Waals surface area contributed by atoms with Crippen molar-refractivity contribution in [3.05, 3.63) is 12.2 Å². The van der Waals surface area contributed by atoms with E-state index in [0.717, 1.165) is 4.90 Å². The number of nitrogens with zero attached hydrogens (tertiary/aromatic N) is 1. The summed E-state index contributed by atoms with van der Waals surface area (Å²) in [6.07, 6.45) is -0.578. The van der Waals surface area contributed by atoms with Crippen LogP contribution in [0.2, 0.25) is 0 Å². The van der Waals surface area contributed by atoms with Gasteiger partial charge in [-0.2, -0.15) is 0 Å². The van der Waals surface area contributed by atoms with Crippen LogP contribution in [0.5, 0.6) is 0 Å². The van der Waals surface area contributed by atoms with Crippen molar-refractivity contribution in [2.45, 2.75) is 38.9 Å². The summed E-state index contributed by atoms with van der Waals surface area (Å²) in [6, 6.07) is 0. The number of likely N-dealkylation sites (tertiary alicyclic amines) is 1. The van der Waals surface area contributed by atoms with Crippen LogP contribution in [0, 0.1) is 0 Å². The van der Waals surface area contributed by atoms with Gasteiger partial charge in [0.15, 0.2) is 0 Å². The van der Waals surface area contributed by atoms with E-state index in [-0.39, 0.29) is 12.0 Å². The van der Waals surface area contributed by atoms with E-state index in [2.05, 4.69) is 11.9 Å². The Balaban J connectivity index is 2.97. The normalized spacial score (nSPS) is 18.6. The van der Waals surface area contributed by atoms with Gasteiger partial charge in [0.05, 0.1) is 12.6 Å². The minimum Gasteiger partial charge on any atom is -0.339 e. The Labute approximate surface area is 99.8 Å². The lowest BCUT2D eigenvalue weighted by atomic mass is 10.0. The fraction of sp³-hybridized carbons (Fsp3) is 0.545. The molecule has 0 saturated carbocycles. The van der Waals surface area contributed by atoms with Gasteiger partial charge in [0.1, 0.15) is 5.54 Å². The van der Waals surface area contributed by atoms with Crippen LogP contribution in [0.25, 0.3) is 0 Å². The van der Waals surface area contributed by atoms with E-state index in [1.165, 1.54) is 13.8 Å². The Hall–Kier alpha value is -1.69. The summed E-state index contributed by atoms with van der Waals surface area (Å²) < 4.78 is 0. The number of nitrogens with two attached hydrogens (primary N) is 1. The summed E-state index contributed by atoms with van der Waals surface area (Å²) in [5, 5.41) is 2.48. The predicted molar refractivity (Wildman–Crippen MR) is 61.5 cm³/mol. The third-order valence-electron chi connectivity index (χ3n) is 2.59. The molecule has 1 saturated heterocycles. The molecule has 17 heavy (non-hydrogen) atoms. The van der Waals surface area contributed by atoms with Crippen molar-refractivity contribution < 1.29 is 14.4 Å². The zero-order chi connectivity index (χ0) is 13.4. The summed E-state index contributed by atoms with van der Waals surface area (Å²) in [4.78, 5) is 36.2. The summed E-state index contributed by atoms with van der Waals surface area (Å²) in [5.74, 6) is -1.38. The first kappa shape index (κ1) is 13.4. The summed E-state index contributed by atoms with van der Waals surface area (Å²) in [5.41, 5.74) is 4.39. The molecule has 0 aromatic rings. The lowest BCUT2D eigenvalue weighted by Gasteiger charge is -2.32. The van der Waals surface area contributed by atoms with Crippen LogP contribution < -0.4 is 11.1 Å². The van der Waals surface area contributed by atoms with Crippen molar-refractivity contribution >= 4 is 17.7 Å². The molecule has 3 N–H and O–H groups in total. The summed E-state index contributed by atoms with van der Waals surface area (Å²) in [6.45, 7) is 8.10. The van der Waals surface area contributed by atoms with E-state index in [0.29, 0.717) is 0 Å². The maximum absolute atomic E-state index is 11.9. The first-order chi connectivity index (χ1) is 7.67. The Kier molecular flexibility index (Phi) is 3.38. The third kappa shape index (κ3) is 2.36. The number of amides is 3. The molecule has 3 amide bonds. The highest BCUT2D eigenvalue weighted by atomic mass is 16.2. The van der Waals surface area contributed by atoms with Gasteiger partial charge in [0, 0.05) is 5.57 Å². The smallest absolute Gasteiger partial charge is 0.257 e. The molecule has 1 rings (SSSR count). The minimum atomic E-state index is -1.26. The molecule has 0 aromatic heterocycles. The van der Waals surface area contributed by atoms with Crippen LogP contribution in [-0.2, 0) is 14.4 Å². The molecule has 1 aliphatic rings. The van der Waals surface area contributed by atoms with E-state index >= 15 is 0 Å². The molecule has 0 spiro atoms. The van der Waals surface area contributed by atoms with E-state index < -0.39 is 29.4 Å².